The van der Waals surface area contributed by atoms with E-state index in [1.807, 2.05) is 0 Å². The van der Waals surface area contributed by atoms with Crippen LogP contribution >= 0.6 is 0 Å². The summed E-state index contributed by atoms with van der Waals surface area (Å²) in [5.74, 6) is 6.58. The van der Waals surface area contributed by atoms with Gasteiger partial charge in [0.1, 0.15) is 0 Å². The van der Waals surface area contributed by atoms with Crippen LogP contribution in [0.15, 0.2) is 0 Å². The van der Waals surface area contributed by atoms with E-state index in [0.29, 0.717) is 0 Å². The lowest BCUT2D eigenvalue weighted by atomic mass is 9.80. The van der Waals surface area contributed by atoms with Crippen LogP contribution in [0.25, 0.3) is 0 Å². The third-order valence-electron chi connectivity index (χ3n) is 5.84. The number of hydrogen-bond donors (Lipinski definition) is 0. The minimum absolute atomic E-state index is 0.729. The van der Waals surface area contributed by atoms with Gasteiger partial charge in [0.05, 0.1) is 12.2 Å². The molecule has 2 unspecified atom stereocenters. The van der Waals surface area contributed by atoms with Crippen molar-refractivity contribution in [2.75, 3.05) is 0 Å². The van der Waals surface area contributed by atoms with Gasteiger partial charge in [0.15, 0.2) is 0 Å². The summed E-state index contributed by atoms with van der Waals surface area (Å²) < 4.78 is 6.13. The Morgan fingerprint density at radius 2 is 1.25 bits per heavy atom. The number of ether oxygens (including phenoxy) is 1. The van der Waals surface area contributed by atoms with E-state index >= 15 is 0 Å². The zero-order valence-corrected chi connectivity index (χ0v) is 7.15. The molecule has 1 heteroatoms. The largest absolute Gasteiger partial charge is 0.374 e. The first-order chi connectivity index (χ1) is 5.93. The van der Waals surface area contributed by atoms with Crippen LogP contribution in [0.4, 0.5) is 0 Å². The van der Waals surface area contributed by atoms with E-state index in [4.69, 9.17) is 4.74 Å². The molecule has 0 aromatic rings. The second-order valence-electron chi connectivity index (χ2n) is 5.73. The van der Waals surface area contributed by atoms with Gasteiger partial charge in [-0.1, -0.05) is 0 Å². The van der Waals surface area contributed by atoms with Gasteiger partial charge in [0, 0.05) is 0 Å². The van der Waals surface area contributed by atoms with Crippen molar-refractivity contribution in [3.63, 3.8) is 0 Å². The maximum atomic E-state index is 6.13. The van der Waals surface area contributed by atoms with E-state index in [2.05, 4.69) is 0 Å². The summed E-state index contributed by atoms with van der Waals surface area (Å²) in [6, 6.07) is 0. The molecule has 0 aromatic carbocycles. The van der Waals surface area contributed by atoms with Gasteiger partial charge in [0.2, 0.25) is 0 Å². The predicted molar refractivity (Wildman–Crippen MR) is 43.5 cm³/mol. The third-order valence-corrected chi connectivity index (χ3v) is 5.84. The van der Waals surface area contributed by atoms with Gasteiger partial charge in [0.25, 0.3) is 0 Å². The molecule has 1 aliphatic heterocycles. The van der Waals surface area contributed by atoms with Crippen LogP contribution in [-0.2, 0) is 4.74 Å². The highest BCUT2D eigenvalue weighted by molar-refractivity contribution is 5.20. The average molecular weight is 162 g/mol. The lowest BCUT2D eigenvalue weighted by Crippen LogP contribution is -2.22. The Morgan fingerprint density at radius 1 is 0.667 bits per heavy atom. The zero-order valence-electron chi connectivity index (χ0n) is 7.15. The molecule has 0 radical (unpaired) electrons. The summed E-state index contributed by atoms with van der Waals surface area (Å²) in [6.45, 7) is 0. The van der Waals surface area contributed by atoms with Crippen LogP contribution in [0.1, 0.15) is 19.3 Å². The van der Waals surface area contributed by atoms with E-state index in [1.165, 1.54) is 12.8 Å². The Morgan fingerprint density at radius 3 is 1.83 bits per heavy atom. The topological polar surface area (TPSA) is 9.23 Å². The monoisotopic (exact) mass is 162 g/mol. The Balaban J connectivity index is 1.87. The molecule has 0 amide bonds. The number of hydrogen-bond acceptors (Lipinski definition) is 1. The van der Waals surface area contributed by atoms with Crippen molar-refractivity contribution in [3.8, 4) is 0 Å². The lowest BCUT2D eigenvalue weighted by Gasteiger charge is -2.23. The van der Waals surface area contributed by atoms with Crippen molar-refractivity contribution in [2.24, 2.45) is 35.5 Å². The zero-order chi connectivity index (χ0) is 7.45. The normalized spacial score (nSPS) is 80.0. The quantitative estimate of drug-likeness (QED) is 0.526. The van der Waals surface area contributed by atoms with Crippen molar-refractivity contribution in [2.45, 2.75) is 31.5 Å². The van der Waals surface area contributed by atoms with Crippen molar-refractivity contribution in [1.29, 1.82) is 0 Å². The molecule has 5 rings (SSSR count). The highest BCUT2D eigenvalue weighted by atomic mass is 16.5. The van der Waals surface area contributed by atoms with Gasteiger partial charge in [-0.3, -0.25) is 0 Å². The molecule has 12 heavy (non-hydrogen) atoms. The van der Waals surface area contributed by atoms with E-state index in [-0.39, 0.29) is 0 Å². The van der Waals surface area contributed by atoms with E-state index in [0.717, 1.165) is 47.7 Å². The third kappa shape index (κ3) is 0.348. The minimum Gasteiger partial charge on any atom is -0.374 e. The molecule has 0 spiro atoms. The van der Waals surface area contributed by atoms with Gasteiger partial charge in [-0.05, 0) is 54.8 Å². The molecule has 4 aliphatic carbocycles. The van der Waals surface area contributed by atoms with E-state index in [1.54, 1.807) is 6.42 Å². The summed E-state index contributed by atoms with van der Waals surface area (Å²) >= 11 is 0. The van der Waals surface area contributed by atoms with Crippen molar-refractivity contribution >= 4 is 0 Å². The van der Waals surface area contributed by atoms with Gasteiger partial charge in [-0.25, -0.2) is 0 Å². The Hall–Kier alpha value is -0.0400. The van der Waals surface area contributed by atoms with Crippen LogP contribution in [0.3, 0.4) is 0 Å². The number of rotatable bonds is 0. The fourth-order valence-electron chi connectivity index (χ4n) is 5.87. The van der Waals surface area contributed by atoms with Gasteiger partial charge < -0.3 is 4.74 Å². The Labute approximate surface area is 72.5 Å². The van der Waals surface area contributed by atoms with E-state index < -0.39 is 0 Å². The van der Waals surface area contributed by atoms with Crippen LogP contribution in [-0.4, -0.2) is 12.2 Å². The molecule has 0 aromatic heterocycles. The smallest absolute Gasteiger partial charge is 0.0616 e. The summed E-state index contributed by atoms with van der Waals surface area (Å²) in [6.07, 6.45) is 5.95. The highest BCUT2D eigenvalue weighted by Gasteiger charge is 2.73. The van der Waals surface area contributed by atoms with Crippen LogP contribution in [0.2, 0.25) is 0 Å². The number of fused-ring (bicyclic) bond motifs is 1. The second kappa shape index (κ2) is 1.39. The molecule has 1 nitrogen and oxygen atoms in total. The molecule has 8 atom stereocenters. The first-order valence-electron chi connectivity index (χ1n) is 5.59. The summed E-state index contributed by atoms with van der Waals surface area (Å²) in [5.41, 5.74) is 0. The first kappa shape index (κ1) is 5.64. The molecule has 5 fully saturated rings. The maximum Gasteiger partial charge on any atom is 0.0616 e. The fourth-order valence-corrected chi connectivity index (χ4v) is 5.87. The maximum absolute atomic E-state index is 6.13. The van der Waals surface area contributed by atoms with Gasteiger partial charge in [-0.15, -0.1) is 0 Å². The van der Waals surface area contributed by atoms with Crippen molar-refractivity contribution in [3.05, 3.63) is 0 Å². The van der Waals surface area contributed by atoms with Crippen LogP contribution in [0, 0.1) is 35.5 Å². The van der Waals surface area contributed by atoms with Crippen LogP contribution < -0.4 is 0 Å². The molecule has 64 valence electrons. The SMILES string of the molecule is C1C2C3[C@H]4[C@@H]1[C@@H]1C[C@H]4O[C@H]3C[C@H]21. The molecular weight excluding hydrogens is 148 g/mol. The van der Waals surface area contributed by atoms with Gasteiger partial charge in [-0.2, -0.15) is 0 Å². The molecule has 2 bridgehead atoms. The molecule has 1 saturated heterocycles. The fraction of sp³-hybridized carbons (Fsp3) is 1.00. The summed E-state index contributed by atoms with van der Waals surface area (Å²) in [5, 5.41) is 0. The van der Waals surface area contributed by atoms with E-state index in [9.17, 15) is 0 Å². The molecule has 0 N–H and O–H groups in total. The van der Waals surface area contributed by atoms with Crippen molar-refractivity contribution in [1.82, 2.24) is 0 Å². The average Bonchev–Trinajstić information content (AvgIpc) is 2.57. The first-order valence-corrected chi connectivity index (χ1v) is 5.59. The molecule has 1 heterocycles. The highest BCUT2D eigenvalue weighted by Crippen LogP contribution is 2.74. The lowest BCUT2D eigenvalue weighted by molar-refractivity contribution is 0.0392. The summed E-state index contributed by atoms with van der Waals surface area (Å²) in [4.78, 5) is 0. The summed E-state index contributed by atoms with van der Waals surface area (Å²) in [7, 11) is 0. The second-order valence-corrected chi connectivity index (χ2v) is 5.73. The molecular formula is C11H14O. The molecule has 4 saturated carbocycles. The Kier molecular flexibility index (Phi) is 0.654. The van der Waals surface area contributed by atoms with Crippen LogP contribution in [0.5, 0.6) is 0 Å². The predicted octanol–water partition coefficient (Wildman–Crippen LogP) is 1.68. The standard InChI is InChI=1S/C11H14O/c1-6-4-2-8-10(6)11-7(1)5(4)3-9(11)12-8/h4-11H,1-3H2/t4-,5+,6+,7?,8-,9+,10+,11?/m1/s1. The van der Waals surface area contributed by atoms with Crippen molar-refractivity contribution < 1.29 is 4.74 Å². The van der Waals surface area contributed by atoms with Gasteiger partial charge >= 0.3 is 0 Å². The minimum atomic E-state index is 0.729. The Bertz CT molecular complexity index is 244. The molecule has 5 aliphatic rings.